The minimum atomic E-state index is -0.755. The summed E-state index contributed by atoms with van der Waals surface area (Å²) in [4.78, 5) is 12.6. The zero-order valence-corrected chi connectivity index (χ0v) is 9.63. The molecule has 0 atom stereocenters. The van der Waals surface area contributed by atoms with Gasteiger partial charge in [-0.1, -0.05) is 0 Å². The lowest BCUT2D eigenvalue weighted by atomic mass is 10.0. The zero-order chi connectivity index (χ0) is 11.2. The Morgan fingerprint density at radius 2 is 2.00 bits per heavy atom. The molecule has 4 nitrogen and oxygen atoms in total. The Bertz CT molecular complexity index is 179. The Morgan fingerprint density at radius 3 is 2.43 bits per heavy atom. The van der Waals surface area contributed by atoms with Crippen molar-refractivity contribution in [2.75, 3.05) is 27.2 Å². The number of aliphatic carboxylic acids is 1. The van der Waals surface area contributed by atoms with Crippen molar-refractivity contribution in [2.45, 2.75) is 32.2 Å². The summed E-state index contributed by atoms with van der Waals surface area (Å²) in [6.07, 6.45) is 1.20. The van der Waals surface area contributed by atoms with E-state index in [-0.39, 0.29) is 12.0 Å². The van der Waals surface area contributed by atoms with Gasteiger partial charge in [-0.05, 0) is 47.5 Å². The number of carbonyl (C=O) groups is 1. The third-order valence-corrected chi connectivity index (χ3v) is 1.98. The van der Waals surface area contributed by atoms with E-state index in [1.165, 1.54) is 0 Å². The molecule has 0 aliphatic heterocycles. The number of carboxylic acids is 1. The van der Waals surface area contributed by atoms with Crippen molar-refractivity contribution in [2.24, 2.45) is 0 Å². The summed E-state index contributed by atoms with van der Waals surface area (Å²) in [6.45, 7) is 5.71. The largest absolute Gasteiger partial charge is 0.481 e. The van der Waals surface area contributed by atoms with Crippen LogP contribution in [-0.4, -0.2) is 48.7 Å². The van der Waals surface area contributed by atoms with Crippen LogP contribution in [-0.2, 0) is 4.79 Å². The first-order valence-corrected chi connectivity index (χ1v) is 4.95. The molecule has 0 aromatic heterocycles. The van der Waals surface area contributed by atoms with Crippen LogP contribution >= 0.6 is 0 Å². The molecule has 0 heterocycles. The van der Waals surface area contributed by atoms with Gasteiger partial charge in [-0.3, -0.25) is 4.79 Å². The van der Waals surface area contributed by atoms with Gasteiger partial charge in [-0.2, -0.15) is 0 Å². The number of carboxylic acid groups (broad SMARTS) is 1. The molecule has 0 saturated heterocycles. The van der Waals surface area contributed by atoms with Gasteiger partial charge >= 0.3 is 5.97 Å². The van der Waals surface area contributed by atoms with Gasteiger partial charge < -0.3 is 15.3 Å². The van der Waals surface area contributed by atoms with Gasteiger partial charge in [0.05, 0.1) is 6.42 Å². The van der Waals surface area contributed by atoms with E-state index in [1.54, 1.807) is 0 Å². The predicted octanol–water partition coefficient (Wildman–Crippen LogP) is 0.781. The lowest BCUT2D eigenvalue weighted by Gasteiger charge is -2.24. The van der Waals surface area contributed by atoms with Gasteiger partial charge in [-0.25, -0.2) is 0 Å². The molecule has 0 radical (unpaired) electrons. The fourth-order valence-corrected chi connectivity index (χ4v) is 1.26. The van der Waals surface area contributed by atoms with Crippen LogP contribution in [0.25, 0.3) is 0 Å². The zero-order valence-electron chi connectivity index (χ0n) is 9.63. The number of nitrogens with one attached hydrogen (secondary N) is 1. The van der Waals surface area contributed by atoms with Crippen molar-refractivity contribution in [3.8, 4) is 0 Å². The summed E-state index contributed by atoms with van der Waals surface area (Å²) in [5, 5.41) is 11.9. The number of hydrogen-bond donors (Lipinski definition) is 2. The molecule has 0 aromatic carbocycles. The highest BCUT2D eigenvalue weighted by atomic mass is 16.4. The Labute approximate surface area is 86.3 Å². The standard InChI is InChI=1S/C10H22N2O2/c1-10(2,8-9(13)14)11-6-5-7-12(3)4/h11H,5-8H2,1-4H3,(H,13,14). The molecular formula is C10H22N2O2. The molecule has 84 valence electrons. The normalized spacial score (nSPS) is 12.1. The second-order valence-electron chi connectivity index (χ2n) is 4.54. The molecule has 0 fully saturated rings. The molecule has 2 N–H and O–H groups in total. The summed E-state index contributed by atoms with van der Waals surface area (Å²) in [5.41, 5.74) is -0.307. The fraction of sp³-hybridized carbons (Fsp3) is 0.900. The first kappa shape index (κ1) is 13.4. The van der Waals surface area contributed by atoms with Crippen LogP contribution in [0.2, 0.25) is 0 Å². The molecule has 4 heteroatoms. The van der Waals surface area contributed by atoms with E-state index < -0.39 is 5.97 Å². The SMILES string of the molecule is CN(C)CCCNC(C)(C)CC(=O)O. The van der Waals surface area contributed by atoms with Crippen LogP contribution in [0.1, 0.15) is 26.7 Å². The molecule has 0 rings (SSSR count). The second-order valence-corrected chi connectivity index (χ2v) is 4.54. The van der Waals surface area contributed by atoms with E-state index in [0.717, 1.165) is 19.5 Å². The maximum Gasteiger partial charge on any atom is 0.305 e. The van der Waals surface area contributed by atoms with Crippen molar-refractivity contribution in [3.05, 3.63) is 0 Å². The van der Waals surface area contributed by atoms with Crippen LogP contribution in [0.4, 0.5) is 0 Å². The van der Waals surface area contributed by atoms with E-state index in [2.05, 4.69) is 10.2 Å². The average Bonchev–Trinajstić information content (AvgIpc) is 1.95. The molecule has 0 aliphatic carbocycles. The molecule has 14 heavy (non-hydrogen) atoms. The lowest BCUT2D eigenvalue weighted by Crippen LogP contribution is -2.42. The Morgan fingerprint density at radius 1 is 1.43 bits per heavy atom. The minimum absolute atomic E-state index is 0.162. The molecule has 0 unspecified atom stereocenters. The lowest BCUT2D eigenvalue weighted by molar-refractivity contribution is -0.138. The Balaban J connectivity index is 3.60. The summed E-state index contributed by atoms with van der Waals surface area (Å²) < 4.78 is 0. The second kappa shape index (κ2) is 5.98. The van der Waals surface area contributed by atoms with Crippen molar-refractivity contribution < 1.29 is 9.90 Å². The predicted molar refractivity (Wildman–Crippen MR) is 57.5 cm³/mol. The van der Waals surface area contributed by atoms with Crippen molar-refractivity contribution in [3.63, 3.8) is 0 Å². The highest BCUT2D eigenvalue weighted by molar-refractivity contribution is 5.68. The average molecular weight is 202 g/mol. The van der Waals surface area contributed by atoms with Crippen molar-refractivity contribution in [1.29, 1.82) is 0 Å². The van der Waals surface area contributed by atoms with Crippen LogP contribution in [0.15, 0.2) is 0 Å². The maximum absolute atomic E-state index is 10.5. The molecule has 0 aliphatic rings. The monoisotopic (exact) mass is 202 g/mol. The molecule has 0 amide bonds. The van der Waals surface area contributed by atoms with E-state index in [1.807, 2.05) is 27.9 Å². The van der Waals surface area contributed by atoms with E-state index in [0.29, 0.717) is 0 Å². The summed E-state index contributed by atoms with van der Waals surface area (Å²) >= 11 is 0. The Kier molecular flexibility index (Phi) is 5.72. The van der Waals surface area contributed by atoms with Gasteiger partial charge in [0.25, 0.3) is 0 Å². The first-order valence-electron chi connectivity index (χ1n) is 4.95. The highest BCUT2D eigenvalue weighted by Crippen LogP contribution is 2.07. The molecule has 0 aromatic rings. The third-order valence-electron chi connectivity index (χ3n) is 1.98. The van der Waals surface area contributed by atoms with E-state index >= 15 is 0 Å². The molecule has 0 spiro atoms. The number of rotatable bonds is 7. The van der Waals surface area contributed by atoms with Gasteiger partial charge in [0, 0.05) is 5.54 Å². The Hall–Kier alpha value is -0.610. The van der Waals surface area contributed by atoms with Crippen LogP contribution in [0, 0.1) is 0 Å². The first-order chi connectivity index (χ1) is 6.33. The van der Waals surface area contributed by atoms with Gasteiger partial charge in [0.2, 0.25) is 0 Å². The fourth-order valence-electron chi connectivity index (χ4n) is 1.26. The van der Waals surface area contributed by atoms with Gasteiger partial charge in [0.15, 0.2) is 0 Å². The molecule has 0 saturated carbocycles. The summed E-state index contributed by atoms with van der Waals surface area (Å²) in [6, 6.07) is 0. The van der Waals surface area contributed by atoms with Gasteiger partial charge in [0.1, 0.15) is 0 Å². The highest BCUT2D eigenvalue weighted by Gasteiger charge is 2.20. The van der Waals surface area contributed by atoms with Crippen LogP contribution < -0.4 is 5.32 Å². The smallest absolute Gasteiger partial charge is 0.305 e. The van der Waals surface area contributed by atoms with Crippen LogP contribution in [0.5, 0.6) is 0 Å². The topological polar surface area (TPSA) is 52.6 Å². The summed E-state index contributed by atoms with van der Waals surface area (Å²) in [7, 11) is 4.06. The molecule has 0 bridgehead atoms. The maximum atomic E-state index is 10.5. The van der Waals surface area contributed by atoms with Crippen molar-refractivity contribution in [1.82, 2.24) is 10.2 Å². The van der Waals surface area contributed by atoms with Crippen LogP contribution in [0.3, 0.4) is 0 Å². The van der Waals surface area contributed by atoms with E-state index in [9.17, 15) is 4.79 Å². The minimum Gasteiger partial charge on any atom is -0.481 e. The third kappa shape index (κ3) is 8.01. The quantitative estimate of drug-likeness (QED) is 0.599. The van der Waals surface area contributed by atoms with Crippen molar-refractivity contribution >= 4 is 5.97 Å². The van der Waals surface area contributed by atoms with E-state index in [4.69, 9.17) is 5.11 Å². The van der Waals surface area contributed by atoms with Gasteiger partial charge in [-0.15, -0.1) is 0 Å². The molecular weight excluding hydrogens is 180 g/mol. The number of nitrogens with zero attached hydrogens (tertiary/aromatic N) is 1. The number of hydrogen-bond acceptors (Lipinski definition) is 3. The summed E-state index contributed by atoms with van der Waals surface area (Å²) in [5.74, 6) is -0.755.